The molecule has 2 heteroatoms. The van der Waals surface area contributed by atoms with Crippen LogP contribution in [0.2, 0.25) is 0 Å². The number of rotatable bonds is 10. The van der Waals surface area contributed by atoms with E-state index in [0.29, 0.717) is 24.0 Å². The second-order valence-corrected chi connectivity index (χ2v) is 9.62. The van der Waals surface area contributed by atoms with Gasteiger partial charge in [-0.25, -0.2) is 4.39 Å². The number of halogens is 1. The third-order valence-electron chi connectivity index (χ3n) is 7.21. The molecule has 0 amide bonds. The lowest BCUT2D eigenvalue weighted by molar-refractivity contribution is 0.117. The average Bonchev–Trinajstić information content (AvgIpc) is 2.89. The van der Waals surface area contributed by atoms with Crippen molar-refractivity contribution in [1.82, 2.24) is 0 Å². The lowest BCUT2D eigenvalue weighted by atomic mass is 9.78. The predicted octanol–water partition coefficient (Wildman–Crippen LogP) is 9.33. The van der Waals surface area contributed by atoms with Crippen molar-refractivity contribution in [2.75, 3.05) is 6.61 Å². The van der Waals surface area contributed by atoms with E-state index in [1.807, 2.05) is 18.2 Å². The Morgan fingerprint density at radius 3 is 2.12 bits per heavy atom. The SMILES string of the molecule is C=CC1CCC(c2ccc(-c3ccc(-c4ccc(COCCCCC)cc4)cc3)c(F)c2)CC1. The van der Waals surface area contributed by atoms with Crippen LogP contribution < -0.4 is 0 Å². The summed E-state index contributed by atoms with van der Waals surface area (Å²) in [5.74, 6) is 0.963. The molecule has 3 aromatic carbocycles. The van der Waals surface area contributed by atoms with Gasteiger partial charge in [0.15, 0.2) is 0 Å². The van der Waals surface area contributed by atoms with Gasteiger partial charge in [-0.2, -0.15) is 0 Å². The summed E-state index contributed by atoms with van der Waals surface area (Å²) in [6.45, 7) is 7.61. The van der Waals surface area contributed by atoms with Gasteiger partial charge in [0.1, 0.15) is 5.82 Å². The summed E-state index contributed by atoms with van der Waals surface area (Å²) in [5.41, 5.74) is 6.21. The smallest absolute Gasteiger partial charge is 0.131 e. The van der Waals surface area contributed by atoms with E-state index in [-0.39, 0.29) is 5.82 Å². The Morgan fingerprint density at radius 1 is 0.853 bits per heavy atom. The van der Waals surface area contributed by atoms with Gasteiger partial charge in [0.05, 0.1) is 6.61 Å². The Balaban J connectivity index is 1.38. The summed E-state index contributed by atoms with van der Waals surface area (Å²) in [6.07, 6.45) is 10.2. The molecule has 1 fully saturated rings. The molecule has 0 aromatic heterocycles. The van der Waals surface area contributed by atoms with Crippen molar-refractivity contribution in [2.24, 2.45) is 5.92 Å². The van der Waals surface area contributed by atoms with Crippen LogP contribution in [0.3, 0.4) is 0 Å². The van der Waals surface area contributed by atoms with Gasteiger partial charge in [-0.1, -0.05) is 86.5 Å². The van der Waals surface area contributed by atoms with Gasteiger partial charge in [-0.3, -0.25) is 0 Å². The van der Waals surface area contributed by atoms with E-state index in [0.717, 1.165) is 61.0 Å². The molecule has 0 saturated heterocycles. The Labute approximate surface area is 204 Å². The molecule has 0 atom stereocenters. The number of ether oxygens (including phenoxy) is 1. The number of allylic oxidation sites excluding steroid dienone is 1. The molecule has 0 unspecified atom stereocenters. The zero-order valence-corrected chi connectivity index (χ0v) is 20.4. The van der Waals surface area contributed by atoms with Crippen LogP contribution in [-0.4, -0.2) is 6.61 Å². The Hall–Kier alpha value is -2.71. The van der Waals surface area contributed by atoms with Crippen molar-refractivity contribution in [1.29, 1.82) is 0 Å². The third kappa shape index (κ3) is 6.24. The zero-order valence-electron chi connectivity index (χ0n) is 20.4. The molecule has 0 radical (unpaired) electrons. The first kappa shape index (κ1) is 24.4. The van der Waals surface area contributed by atoms with Crippen LogP contribution in [0.25, 0.3) is 22.3 Å². The molecule has 1 aliphatic carbocycles. The molecule has 34 heavy (non-hydrogen) atoms. The number of hydrogen-bond acceptors (Lipinski definition) is 1. The lowest BCUT2D eigenvalue weighted by Gasteiger charge is -2.27. The molecule has 0 spiro atoms. The van der Waals surface area contributed by atoms with Crippen LogP contribution in [0.4, 0.5) is 4.39 Å². The number of unbranched alkanes of at least 4 members (excludes halogenated alkanes) is 2. The predicted molar refractivity (Wildman–Crippen MR) is 141 cm³/mol. The molecule has 3 aromatic rings. The Morgan fingerprint density at radius 2 is 1.50 bits per heavy atom. The lowest BCUT2D eigenvalue weighted by Crippen LogP contribution is -2.11. The quantitative estimate of drug-likeness (QED) is 0.218. The first-order chi connectivity index (χ1) is 16.7. The topological polar surface area (TPSA) is 9.23 Å². The summed E-state index contributed by atoms with van der Waals surface area (Å²) in [4.78, 5) is 0. The van der Waals surface area contributed by atoms with Crippen LogP contribution in [0.1, 0.15) is 68.9 Å². The first-order valence-electron chi connectivity index (χ1n) is 12.9. The fraction of sp³-hybridized carbons (Fsp3) is 0.375. The first-order valence-corrected chi connectivity index (χ1v) is 12.9. The zero-order chi connectivity index (χ0) is 23.8. The number of benzene rings is 3. The minimum Gasteiger partial charge on any atom is -0.377 e. The molecule has 0 aliphatic heterocycles. The highest BCUT2D eigenvalue weighted by molar-refractivity contribution is 5.71. The van der Waals surface area contributed by atoms with Gasteiger partial charge < -0.3 is 4.74 Å². The molecule has 1 saturated carbocycles. The molecule has 0 bridgehead atoms. The van der Waals surface area contributed by atoms with E-state index >= 15 is 4.39 Å². The van der Waals surface area contributed by atoms with E-state index in [2.05, 4.69) is 62.0 Å². The highest BCUT2D eigenvalue weighted by atomic mass is 19.1. The van der Waals surface area contributed by atoms with Crippen molar-refractivity contribution in [3.8, 4) is 22.3 Å². The maximum atomic E-state index is 15.0. The highest BCUT2D eigenvalue weighted by Crippen LogP contribution is 2.37. The molecule has 4 rings (SSSR count). The van der Waals surface area contributed by atoms with Gasteiger partial charge in [0.25, 0.3) is 0 Å². The summed E-state index contributed by atoms with van der Waals surface area (Å²) in [6, 6.07) is 22.6. The number of hydrogen-bond donors (Lipinski definition) is 0. The van der Waals surface area contributed by atoms with Crippen LogP contribution in [-0.2, 0) is 11.3 Å². The Kier molecular flexibility index (Phi) is 8.71. The fourth-order valence-corrected chi connectivity index (χ4v) is 4.99. The average molecular weight is 457 g/mol. The van der Waals surface area contributed by atoms with Gasteiger partial charge >= 0.3 is 0 Å². The van der Waals surface area contributed by atoms with E-state index in [4.69, 9.17) is 4.74 Å². The normalized spacial score (nSPS) is 18.1. The van der Waals surface area contributed by atoms with Crippen molar-refractivity contribution in [2.45, 2.75) is 64.4 Å². The highest BCUT2D eigenvalue weighted by Gasteiger charge is 2.21. The van der Waals surface area contributed by atoms with Crippen LogP contribution in [0, 0.1) is 11.7 Å². The van der Waals surface area contributed by atoms with E-state index in [1.54, 1.807) is 6.07 Å². The third-order valence-corrected chi connectivity index (χ3v) is 7.21. The maximum absolute atomic E-state index is 15.0. The van der Waals surface area contributed by atoms with E-state index in [9.17, 15) is 0 Å². The molecule has 1 aliphatic rings. The summed E-state index contributed by atoms with van der Waals surface area (Å²) in [7, 11) is 0. The van der Waals surface area contributed by atoms with Crippen LogP contribution in [0.15, 0.2) is 79.4 Å². The summed E-state index contributed by atoms with van der Waals surface area (Å²) >= 11 is 0. The van der Waals surface area contributed by atoms with Gasteiger partial charge in [-0.15, -0.1) is 6.58 Å². The summed E-state index contributed by atoms with van der Waals surface area (Å²) < 4.78 is 20.8. The fourth-order valence-electron chi connectivity index (χ4n) is 4.99. The van der Waals surface area contributed by atoms with Gasteiger partial charge in [0.2, 0.25) is 0 Å². The van der Waals surface area contributed by atoms with Gasteiger partial charge in [0, 0.05) is 12.2 Å². The molecule has 0 heterocycles. The monoisotopic (exact) mass is 456 g/mol. The molecular weight excluding hydrogens is 419 g/mol. The second kappa shape index (κ2) is 12.1. The van der Waals surface area contributed by atoms with Crippen LogP contribution >= 0.6 is 0 Å². The minimum absolute atomic E-state index is 0.126. The largest absolute Gasteiger partial charge is 0.377 e. The van der Waals surface area contributed by atoms with Crippen molar-refractivity contribution < 1.29 is 9.13 Å². The second-order valence-electron chi connectivity index (χ2n) is 9.62. The van der Waals surface area contributed by atoms with E-state index < -0.39 is 0 Å². The maximum Gasteiger partial charge on any atom is 0.131 e. The molecule has 1 nitrogen and oxygen atoms in total. The van der Waals surface area contributed by atoms with Crippen molar-refractivity contribution in [3.05, 3.63) is 96.3 Å². The van der Waals surface area contributed by atoms with E-state index in [1.165, 1.54) is 18.4 Å². The minimum atomic E-state index is -0.126. The van der Waals surface area contributed by atoms with Crippen LogP contribution in [0.5, 0.6) is 0 Å². The summed E-state index contributed by atoms with van der Waals surface area (Å²) in [5, 5.41) is 0. The Bertz CT molecular complexity index is 1040. The van der Waals surface area contributed by atoms with Crippen molar-refractivity contribution >= 4 is 0 Å². The molecular formula is C32H37FO. The van der Waals surface area contributed by atoms with Crippen molar-refractivity contribution in [3.63, 3.8) is 0 Å². The molecule has 0 N–H and O–H groups in total. The van der Waals surface area contributed by atoms with Gasteiger partial charge in [-0.05, 0) is 77.8 Å². The standard InChI is InChI=1S/C32H37FO/c1-3-5-6-21-34-23-25-9-13-26(14-10-25)27-15-17-29(18-16-27)31-20-19-30(22-32(31)33)28-11-7-24(4-2)8-12-28/h4,9-10,13-20,22,24,28H,2-3,5-8,11-12,21,23H2,1H3. The molecule has 178 valence electrons.